The lowest BCUT2D eigenvalue weighted by atomic mass is 10.00. The summed E-state index contributed by atoms with van der Waals surface area (Å²) in [4.78, 5) is 34.7. The van der Waals surface area contributed by atoms with E-state index >= 15 is 0 Å². The first-order valence-corrected chi connectivity index (χ1v) is 11.0. The minimum atomic E-state index is -3.09. The number of carbonyl (C=O) groups excluding carboxylic acids is 2. The Labute approximate surface area is 200 Å². The van der Waals surface area contributed by atoms with Crippen molar-refractivity contribution in [1.82, 2.24) is 14.9 Å². The maximum atomic E-state index is 13.6. The van der Waals surface area contributed by atoms with E-state index in [0.717, 1.165) is 16.0 Å². The van der Waals surface area contributed by atoms with Gasteiger partial charge in [0, 0.05) is 48.7 Å². The Hall–Kier alpha value is -4.19. The van der Waals surface area contributed by atoms with E-state index in [4.69, 9.17) is 10.00 Å². The fourth-order valence-corrected chi connectivity index (χ4v) is 4.04. The number of alkyl halides is 2. The first-order chi connectivity index (χ1) is 16.8. The summed E-state index contributed by atoms with van der Waals surface area (Å²) in [6.07, 6.45) is 5.84. The Morgan fingerprint density at radius 2 is 1.89 bits per heavy atom. The molecular formula is C26H22F2N4O3. The number of nitriles is 1. The second-order valence-electron chi connectivity index (χ2n) is 8.25. The third-order valence-corrected chi connectivity index (χ3v) is 5.81. The molecule has 0 unspecified atom stereocenters. The summed E-state index contributed by atoms with van der Waals surface area (Å²) < 4.78 is 32.4. The van der Waals surface area contributed by atoms with Crippen molar-refractivity contribution in [2.45, 2.75) is 31.2 Å². The fourth-order valence-electron chi connectivity index (χ4n) is 4.04. The van der Waals surface area contributed by atoms with Crippen LogP contribution in [0.3, 0.4) is 0 Å². The van der Waals surface area contributed by atoms with Crippen molar-refractivity contribution in [2.24, 2.45) is 0 Å². The van der Waals surface area contributed by atoms with E-state index in [1.165, 1.54) is 6.20 Å². The Kier molecular flexibility index (Phi) is 6.82. The number of benzene rings is 1. The number of hydrogen-bond acceptors (Lipinski definition) is 6. The minimum absolute atomic E-state index is 0.158. The van der Waals surface area contributed by atoms with Crippen molar-refractivity contribution in [3.05, 3.63) is 65.5 Å². The van der Waals surface area contributed by atoms with Crippen LogP contribution in [0.2, 0.25) is 0 Å². The Morgan fingerprint density at radius 1 is 1.14 bits per heavy atom. The Morgan fingerprint density at radius 3 is 2.63 bits per heavy atom. The zero-order chi connectivity index (χ0) is 25.0. The van der Waals surface area contributed by atoms with Crippen LogP contribution in [0.4, 0.5) is 8.78 Å². The highest BCUT2D eigenvalue weighted by molar-refractivity contribution is 6.08. The number of hydrogen-bond donors (Lipinski definition) is 0. The van der Waals surface area contributed by atoms with Gasteiger partial charge in [-0.15, -0.1) is 0 Å². The molecular weight excluding hydrogens is 454 g/mol. The summed E-state index contributed by atoms with van der Waals surface area (Å²) in [6, 6.07) is 11.3. The van der Waals surface area contributed by atoms with Crippen LogP contribution in [0.5, 0.6) is 5.88 Å². The predicted molar refractivity (Wildman–Crippen MR) is 126 cm³/mol. The molecule has 0 radical (unpaired) electrons. The molecule has 1 amide bonds. The molecule has 0 bridgehead atoms. The van der Waals surface area contributed by atoms with Crippen molar-refractivity contribution >= 4 is 34.7 Å². The number of ether oxygens (including phenoxy) is 1. The second kappa shape index (κ2) is 9.97. The quantitative estimate of drug-likeness (QED) is 0.465. The lowest BCUT2D eigenvalue weighted by molar-refractivity contribution is -0.132. The zero-order valence-corrected chi connectivity index (χ0v) is 18.9. The van der Waals surface area contributed by atoms with E-state index in [-0.39, 0.29) is 18.6 Å². The van der Waals surface area contributed by atoms with Gasteiger partial charge in [0.25, 0.3) is 5.92 Å². The number of methoxy groups -OCH3 is 1. The number of Topliss-reactive ketones (excluding diaryl/α,β-unsaturated/α-hetero) is 1. The van der Waals surface area contributed by atoms with Gasteiger partial charge in [-0.2, -0.15) is 5.26 Å². The molecule has 1 aliphatic rings. The number of nitrogens with zero attached hydrogens (tertiary/aromatic N) is 4. The summed E-state index contributed by atoms with van der Waals surface area (Å²) in [5.41, 5.74) is 2.74. The van der Waals surface area contributed by atoms with Gasteiger partial charge >= 0.3 is 0 Å². The average Bonchev–Trinajstić information content (AvgIpc) is 3.20. The molecule has 178 valence electrons. The molecule has 0 spiro atoms. The maximum absolute atomic E-state index is 13.6. The predicted octanol–water partition coefficient (Wildman–Crippen LogP) is 4.53. The van der Waals surface area contributed by atoms with Gasteiger partial charge in [0.1, 0.15) is 6.04 Å². The minimum Gasteiger partial charge on any atom is -0.481 e. The van der Waals surface area contributed by atoms with Crippen LogP contribution in [0, 0.1) is 11.3 Å². The highest BCUT2D eigenvalue weighted by atomic mass is 19.3. The summed E-state index contributed by atoms with van der Waals surface area (Å²) in [5, 5.41) is 9.72. The zero-order valence-electron chi connectivity index (χ0n) is 18.9. The number of aromatic nitrogens is 2. The average molecular weight is 476 g/mol. The van der Waals surface area contributed by atoms with Crippen LogP contribution >= 0.6 is 0 Å². The van der Waals surface area contributed by atoms with Crippen molar-refractivity contribution in [1.29, 1.82) is 5.26 Å². The third-order valence-electron chi connectivity index (χ3n) is 5.81. The fraction of sp³-hybridized carbons (Fsp3) is 0.269. The number of carbonyl (C=O) groups is 2. The highest BCUT2D eigenvalue weighted by Gasteiger charge is 2.47. The number of pyridine rings is 2. The van der Waals surface area contributed by atoms with Crippen LogP contribution in [0.1, 0.15) is 40.7 Å². The Balaban J connectivity index is 1.50. The van der Waals surface area contributed by atoms with Crippen LogP contribution < -0.4 is 4.74 Å². The van der Waals surface area contributed by atoms with E-state index in [1.54, 1.807) is 37.6 Å². The van der Waals surface area contributed by atoms with E-state index in [2.05, 4.69) is 9.97 Å². The first-order valence-electron chi connectivity index (χ1n) is 11.0. The van der Waals surface area contributed by atoms with E-state index < -0.39 is 30.8 Å². The molecule has 3 heterocycles. The molecule has 2 aromatic heterocycles. The van der Waals surface area contributed by atoms with Crippen LogP contribution in [-0.4, -0.2) is 52.2 Å². The number of ketones is 1. The molecule has 0 aliphatic carbocycles. The van der Waals surface area contributed by atoms with Crippen molar-refractivity contribution in [3.63, 3.8) is 0 Å². The van der Waals surface area contributed by atoms with Crippen molar-refractivity contribution < 1.29 is 23.1 Å². The molecule has 9 heteroatoms. The summed E-state index contributed by atoms with van der Waals surface area (Å²) >= 11 is 0. The van der Waals surface area contributed by atoms with E-state index in [1.807, 2.05) is 30.4 Å². The molecule has 4 rings (SSSR count). The number of amides is 1. The van der Waals surface area contributed by atoms with Crippen molar-refractivity contribution in [3.8, 4) is 11.9 Å². The molecule has 0 N–H and O–H groups in total. The lowest BCUT2D eigenvalue weighted by Crippen LogP contribution is -2.36. The van der Waals surface area contributed by atoms with Crippen molar-refractivity contribution in [2.75, 3.05) is 13.7 Å². The van der Waals surface area contributed by atoms with Gasteiger partial charge in [-0.1, -0.05) is 18.2 Å². The van der Waals surface area contributed by atoms with Gasteiger partial charge < -0.3 is 9.64 Å². The van der Waals surface area contributed by atoms with Crippen LogP contribution in [0.15, 0.2) is 48.8 Å². The normalized spacial score (nSPS) is 17.0. The number of likely N-dealkylation sites (tertiary alicyclic amines) is 1. The highest BCUT2D eigenvalue weighted by Crippen LogP contribution is 2.32. The molecule has 1 aromatic carbocycles. The van der Waals surface area contributed by atoms with Crippen LogP contribution in [-0.2, 0) is 4.79 Å². The molecule has 1 saturated heterocycles. The summed E-state index contributed by atoms with van der Waals surface area (Å²) in [5.74, 6) is -3.52. The molecule has 0 saturated carbocycles. The van der Waals surface area contributed by atoms with Gasteiger partial charge in [0.15, 0.2) is 5.78 Å². The molecule has 1 atom stereocenters. The molecule has 1 fully saturated rings. The molecule has 35 heavy (non-hydrogen) atoms. The van der Waals surface area contributed by atoms with Gasteiger partial charge in [-0.3, -0.25) is 14.6 Å². The largest absolute Gasteiger partial charge is 0.481 e. The standard InChI is InChI=1S/C26H22F2N4O3/c1-35-24-13-18(8-10-31-24)3-2-17-4-5-22-21(12-17)20(9-11-30-22)23(33)6-7-25(34)32-16-26(27,28)14-19(32)15-29/h2-5,8-13,19H,6-7,14,16H2,1H3/b3-2+/t19-/m0/s1. The lowest BCUT2D eigenvalue weighted by Gasteiger charge is -2.18. The van der Waals surface area contributed by atoms with Gasteiger partial charge in [-0.05, 0) is 35.4 Å². The van der Waals surface area contributed by atoms with E-state index in [9.17, 15) is 18.4 Å². The van der Waals surface area contributed by atoms with Gasteiger partial charge in [0.05, 0.1) is 25.2 Å². The summed E-state index contributed by atoms with van der Waals surface area (Å²) in [7, 11) is 1.54. The van der Waals surface area contributed by atoms with E-state index in [0.29, 0.717) is 22.3 Å². The molecule has 1 aliphatic heterocycles. The third kappa shape index (κ3) is 5.49. The number of rotatable bonds is 7. The van der Waals surface area contributed by atoms with Gasteiger partial charge in [-0.25, -0.2) is 13.8 Å². The second-order valence-corrected chi connectivity index (χ2v) is 8.25. The maximum Gasteiger partial charge on any atom is 0.268 e. The molecule has 3 aromatic rings. The monoisotopic (exact) mass is 476 g/mol. The summed E-state index contributed by atoms with van der Waals surface area (Å²) in [6.45, 7) is -0.796. The molecule has 7 nitrogen and oxygen atoms in total. The SMILES string of the molecule is COc1cc(/C=C/c2ccc3nccc(C(=O)CCC(=O)N4CC(F)(F)C[C@H]4C#N)c3c2)ccn1. The Bertz CT molecular complexity index is 1350. The smallest absolute Gasteiger partial charge is 0.268 e. The first kappa shape index (κ1) is 24.0. The van der Waals surface area contributed by atoms with Gasteiger partial charge in [0.2, 0.25) is 11.8 Å². The van der Waals surface area contributed by atoms with Crippen LogP contribution in [0.25, 0.3) is 23.1 Å². The number of halogens is 2. The topological polar surface area (TPSA) is 96.2 Å². The number of fused-ring (bicyclic) bond motifs is 1.